The van der Waals surface area contributed by atoms with E-state index in [1.54, 1.807) is 0 Å². The van der Waals surface area contributed by atoms with Crippen molar-refractivity contribution >= 4 is 60.2 Å². The summed E-state index contributed by atoms with van der Waals surface area (Å²) in [5, 5.41) is 6.85. The zero-order valence-corrected chi connectivity index (χ0v) is 24.4. The highest BCUT2D eigenvalue weighted by atomic mass is 16.5. The molecule has 0 radical (unpaired) electrons. The molecule has 45 heavy (non-hydrogen) atoms. The third-order valence-electron chi connectivity index (χ3n) is 8.87. The van der Waals surface area contributed by atoms with Gasteiger partial charge in [0.25, 0.3) is 0 Å². The van der Waals surface area contributed by atoms with Crippen molar-refractivity contribution in [2.45, 2.75) is 6.61 Å². The quantitative estimate of drug-likeness (QED) is 0.206. The second-order valence-corrected chi connectivity index (χ2v) is 11.6. The second-order valence-electron chi connectivity index (χ2n) is 11.6. The fourth-order valence-electron chi connectivity index (χ4n) is 6.65. The van der Waals surface area contributed by atoms with Gasteiger partial charge >= 0.3 is 0 Å². The first kappa shape index (κ1) is 25.5. The second kappa shape index (κ2) is 10.0. The lowest BCUT2D eigenvalue weighted by Crippen LogP contribution is -2.00. The molecule has 0 bridgehead atoms. The normalized spacial score (nSPS) is 11.7. The highest BCUT2D eigenvalue weighted by molar-refractivity contribution is 6.14. The van der Waals surface area contributed by atoms with Gasteiger partial charge < -0.3 is 19.5 Å². The maximum atomic E-state index is 6.73. The summed E-state index contributed by atoms with van der Waals surface area (Å²) in [5.74, 6) is 0.647. The van der Waals surface area contributed by atoms with E-state index in [0.717, 1.165) is 44.3 Å². The average molecular weight is 581 g/mol. The number of hydrogen-bond donors (Lipinski definition) is 1. The molecule has 0 atom stereocenters. The summed E-state index contributed by atoms with van der Waals surface area (Å²) in [5.41, 5.74) is 15.7. The molecule has 9 rings (SSSR count). The highest BCUT2D eigenvalue weighted by Crippen LogP contribution is 2.40. The molecule has 0 aliphatic heterocycles. The minimum Gasteiger partial charge on any atom is -0.487 e. The van der Waals surface area contributed by atoms with Gasteiger partial charge in [-0.3, -0.25) is 0 Å². The van der Waals surface area contributed by atoms with E-state index in [9.17, 15) is 0 Å². The van der Waals surface area contributed by atoms with Gasteiger partial charge in [0.15, 0.2) is 0 Å². The molecule has 0 saturated carbocycles. The topological polar surface area (TPSA) is 53.3 Å². The molecule has 214 valence electrons. The molecule has 4 heteroatoms. The number of nitrogen functional groups attached to an aromatic ring is 1. The Morgan fingerprint density at radius 3 is 2.13 bits per heavy atom. The van der Waals surface area contributed by atoms with Gasteiger partial charge in [0.2, 0.25) is 0 Å². The van der Waals surface area contributed by atoms with Crippen LogP contribution in [-0.2, 0) is 6.61 Å². The van der Waals surface area contributed by atoms with Crippen LogP contribution >= 0.6 is 0 Å². The maximum Gasteiger partial charge on any atom is 0.143 e. The van der Waals surface area contributed by atoms with Gasteiger partial charge in [-0.2, -0.15) is 0 Å². The van der Waals surface area contributed by atoms with E-state index in [-0.39, 0.29) is 0 Å². The Balaban J connectivity index is 1.04. The van der Waals surface area contributed by atoms with Crippen LogP contribution in [0.4, 0.5) is 5.69 Å². The molecule has 0 saturated heterocycles. The third kappa shape index (κ3) is 4.15. The molecule has 2 heterocycles. The van der Waals surface area contributed by atoms with Crippen LogP contribution in [-0.4, -0.2) is 4.57 Å². The molecule has 0 aliphatic carbocycles. The number of anilines is 1. The van der Waals surface area contributed by atoms with E-state index >= 15 is 0 Å². The maximum absolute atomic E-state index is 6.73. The van der Waals surface area contributed by atoms with Crippen LogP contribution in [0.2, 0.25) is 0 Å². The fraction of sp³-hybridized carbons (Fsp3) is 0.0244. The number of aromatic nitrogens is 1. The Kier molecular flexibility index (Phi) is 5.69. The zero-order chi connectivity index (χ0) is 29.9. The minimum atomic E-state index is 0.402. The van der Waals surface area contributed by atoms with Crippen LogP contribution in [0.5, 0.6) is 5.75 Å². The lowest BCUT2D eigenvalue weighted by atomic mass is 10.0. The number of furan rings is 1. The first-order chi connectivity index (χ1) is 22.2. The van der Waals surface area contributed by atoms with Crippen molar-refractivity contribution in [2.75, 3.05) is 5.73 Å². The Labute approximate surface area is 259 Å². The lowest BCUT2D eigenvalue weighted by Gasteiger charge is -2.12. The first-order valence-electron chi connectivity index (χ1n) is 15.2. The van der Waals surface area contributed by atoms with Gasteiger partial charge in [-0.15, -0.1) is 0 Å². The Morgan fingerprint density at radius 2 is 1.29 bits per heavy atom. The molecule has 0 spiro atoms. The van der Waals surface area contributed by atoms with Crippen LogP contribution in [0.15, 0.2) is 150 Å². The number of hydrogen-bond acceptors (Lipinski definition) is 3. The number of nitrogens with zero attached hydrogens (tertiary/aromatic N) is 1. The van der Waals surface area contributed by atoms with Gasteiger partial charge in [-0.25, -0.2) is 0 Å². The summed E-state index contributed by atoms with van der Waals surface area (Å²) in [6.45, 7) is 0.402. The molecule has 2 N–H and O–H groups in total. The Hall–Kier alpha value is -6.00. The molecular formula is C41H28N2O2. The van der Waals surface area contributed by atoms with Crippen LogP contribution < -0.4 is 10.5 Å². The summed E-state index contributed by atoms with van der Waals surface area (Å²) in [7, 11) is 0. The molecular weight excluding hydrogens is 552 g/mol. The molecule has 9 aromatic rings. The molecule has 0 unspecified atom stereocenters. The Bertz CT molecular complexity index is 2540. The molecule has 0 aliphatic rings. The van der Waals surface area contributed by atoms with Gasteiger partial charge in [0.05, 0.1) is 22.1 Å². The minimum absolute atomic E-state index is 0.402. The standard InChI is InChI=1S/C41H28N2O2/c42-41-39(21-20-38-40(41)34-23-30(16-19-37(34)45-38)27-8-2-1-3-9-27)44-25-26-14-17-31(18-15-26)43-35-13-7-6-12-32(35)33-22-28-10-4-5-11-29(28)24-36(33)43/h1-24H,25,42H2. The predicted molar refractivity (Wildman–Crippen MR) is 186 cm³/mol. The van der Waals surface area contributed by atoms with Crippen molar-refractivity contribution in [1.29, 1.82) is 0 Å². The van der Waals surface area contributed by atoms with Crippen molar-refractivity contribution in [2.24, 2.45) is 0 Å². The van der Waals surface area contributed by atoms with Crippen LogP contribution in [0, 0.1) is 0 Å². The number of fused-ring (bicyclic) bond motifs is 7. The largest absolute Gasteiger partial charge is 0.487 e. The van der Waals surface area contributed by atoms with E-state index < -0.39 is 0 Å². The lowest BCUT2D eigenvalue weighted by molar-refractivity contribution is 0.308. The van der Waals surface area contributed by atoms with E-state index in [2.05, 4.69) is 114 Å². The van der Waals surface area contributed by atoms with E-state index in [1.165, 1.54) is 32.6 Å². The summed E-state index contributed by atoms with van der Waals surface area (Å²) < 4.78 is 14.8. The van der Waals surface area contributed by atoms with Crippen molar-refractivity contribution in [3.63, 3.8) is 0 Å². The molecule has 0 amide bonds. The van der Waals surface area contributed by atoms with Crippen molar-refractivity contribution in [3.05, 3.63) is 151 Å². The molecule has 4 nitrogen and oxygen atoms in total. The number of rotatable bonds is 5. The smallest absolute Gasteiger partial charge is 0.143 e. The SMILES string of the molecule is Nc1c(OCc2ccc(-n3c4ccccc4c4cc5ccccc5cc43)cc2)ccc2oc3ccc(-c4ccccc4)cc3c12. The number of ether oxygens (including phenoxy) is 1. The number of benzene rings is 7. The van der Waals surface area contributed by atoms with Crippen LogP contribution in [0.1, 0.15) is 5.56 Å². The molecule has 0 fully saturated rings. The fourth-order valence-corrected chi connectivity index (χ4v) is 6.65. The van der Waals surface area contributed by atoms with Gasteiger partial charge in [0.1, 0.15) is 23.5 Å². The van der Waals surface area contributed by atoms with Crippen LogP contribution in [0.25, 0.3) is 71.3 Å². The van der Waals surface area contributed by atoms with Gasteiger partial charge in [-0.05, 0) is 82.1 Å². The van der Waals surface area contributed by atoms with Gasteiger partial charge in [0, 0.05) is 21.8 Å². The van der Waals surface area contributed by atoms with E-state index in [0.29, 0.717) is 18.0 Å². The molecule has 2 aromatic heterocycles. The number of para-hydroxylation sites is 1. The van der Waals surface area contributed by atoms with Crippen LogP contribution in [0.3, 0.4) is 0 Å². The summed E-state index contributed by atoms with van der Waals surface area (Å²) in [6.07, 6.45) is 0. The summed E-state index contributed by atoms with van der Waals surface area (Å²) >= 11 is 0. The predicted octanol–water partition coefficient (Wildman–Crippen LogP) is 10.7. The molecule has 7 aromatic carbocycles. The highest BCUT2D eigenvalue weighted by Gasteiger charge is 2.16. The van der Waals surface area contributed by atoms with Crippen molar-refractivity contribution in [3.8, 4) is 22.6 Å². The van der Waals surface area contributed by atoms with E-state index in [1.807, 2.05) is 36.4 Å². The number of nitrogens with two attached hydrogens (primary N) is 1. The first-order valence-corrected chi connectivity index (χ1v) is 15.2. The zero-order valence-electron chi connectivity index (χ0n) is 24.4. The van der Waals surface area contributed by atoms with Gasteiger partial charge in [-0.1, -0.05) is 91.0 Å². The monoisotopic (exact) mass is 580 g/mol. The summed E-state index contributed by atoms with van der Waals surface area (Å²) in [6, 6.07) is 50.8. The van der Waals surface area contributed by atoms with Crippen molar-refractivity contribution < 1.29 is 9.15 Å². The third-order valence-corrected chi connectivity index (χ3v) is 8.87. The average Bonchev–Trinajstić information content (AvgIpc) is 3.63. The Morgan fingerprint density at radius 1 is 0.556 bits per heavy atom. The summed E-state index contributed by atoms with van der Waals surface area (Å²) in [4.78, 5) is 0. The van der Waals surface area contributed by atoms with Crippen molar-refractivity contribution in [1.82, 2.24) is 4.57 Å². The van der Waals surface area contributed by atoms with E-state index in [4.69, 9.17) is 14.9 Å².